The van der Waals surface area contributed by atoms with Gasteiger partial charge in [0, 0.05) is 0 Å². The summed E-state index contributed by atoms with van der Waals surface area (Å²) in [6.07, 6.45) is 3.94. The third-order valence-corrected chi connectivity index (χ3v) is 0.966. The lowest BCUT2D eigenvalue weighted by molar-refractivity contribution is 0.897. The van der Waals surface area contributed by atoms with E-state index in [2.05, 4.69) is 16.2 Å². The van der Waals surface area contributed by atoms with Crippen molar-refractivity contribution in [3.63, 3.8) is 0 Å². The average molecular weight is 252 g/mol. The van der Waals surface area contributed by atoms with Gasteiger partial charge in [-0.2, -0.15) is 0 Å². The van der Waals surface area contributed by atoms with E-state index in [1.165, 1.54) is 19.0 Å². The molecule has 0 heterocycles. The third kappa shape index (κ3) is 18.7. The molecule has 0 aromatic rings. The normalized spacial score (nSPS) is 6.00. The van der Waals surface area contributed by atoms with Crippen LogP contribution in [-0.4, -0.2) is 6.16 Å². The van der Waals surface area contributed by atoms with E-state index in [0.29, 0.717) is 0 Å². The van der Waals surface area contributed by atoms with Crippen LogP contribution in [0.25, 0.3) is 0 Å². The molecule has 3 heteroatoms. The van der Waals surface area contributed by atoms with Crippen LogP contribution in [0.5, 0.6) is 0 Å². The van der Waals surface area contributed by atoms with Crippen LogP contribution in [0.2, 0.25) is 0 Å². The zero-order valence-corrected chi connectivity index (χ0v) is 9.10. The van der Waals surface area contributed by atoms with E-state index < -0.39 is 0 Å². The minimum absolute atomic E-state index is 0. The summed E-state index contributed by atoms with van der Waals surface area (Å²) >= 11 is 0. The Labute approximate surface area is 69.2 Å². The molecular formula is C4H13Br2P. The minimum Gasteiger partial charge on any atom is -0.138 e. The van der Waals surface area contributed by atoms with E-state index in [4.69, 9.17) is 0 Å². The summed E-state index contributed by atoms with van der Waals surface area (Å²) in [7, 11) is 2.70. The highest BCUT2D eigenvalue weighted by Gasteiger charge is 1.68. The Morgan fingerprint density at radius 3 is 1.71 bits per heavy atom. The Hall–Kier alpha value is 1.39. The smallest absolute Gasteiger partial charge is 0.0381 e. The summed E-state index contributed by atoms with van der Waals surface area (Å²) < 4.78 is 0. The molecule has 0 saturated heterocycles. The summed E-state index contributed by atoms with van der Waals surface area (Å²) in [5.41, 5.74) is 0. The van der Waals surface area contributed by atoms with Crippen molar-refractivity contribution in [3.05, 3.63) is 0 Å². The molecule has 0 bridgehead atoms. The van der Waals surface area contributed by atoms with Crippen molar-refractivity contribution in [2.45, 2.75) is 19.8 Å². The van der Waals surface area contributed by atoms with Crippen molar-refractivity contribution in [3.8, 4) is 0 Å². The predicted octanol–water partition coefficient (Wildman–Crippen LogP) is 2.82. The van der Waals surface area contributed by atoms with Gasteiger partial charge in [-0.05, 0) is 6.16 Å². The number of rotatable bonds is 2. The molecule has 0 aromatic heterocycles. The van der Waals surface area contributed by atoms with Gasteiger partial charge in [-0.15, -0.1) is 43.2 Å². The molecule has 0 nitrogen and oxygen atoms in total. The maximum Gasteiger partial charge on any atom is -0.0381 e. The molecule has 48 valence electrons. The molecule has 1 unspecified atom stereocenters. The predicted molar refractivity (Wildman–Crippen MR) is 50.1 cm³/mol. The first kappa shape index (κ1) is 15.8. The van der Waals surface area contributed by atoms with Crippen LogP contribution in [0.4, 0.5) is 0 Å². The fraction of sp³-hybridized carbons (Fsp3) is 1.00. The largest absolute Gasteiger partial charge is 0.138 e. The average Bonchev–Trinajstić information content (AvgIpc) is 1.41. The molecule has 0 rings (SSSR count). The first-order valence-corrected chi connectivity index (χ1v) is 2.93. The number of halogens is 2. The Bertz CT molecular complexity index is 17.2. The highest BCUT2D eigenvalue weighted by atomic mass is 79.9. The van der Waals surface area contributed by atoms with Gasteiger partial charge in [0.2, 0.25) is 0 Å². The monoisotopic (exact) mass is 250 g/mol. The lowest BCUT2D eigenvalue weighted by atomic mass is 10.4. The van der Waals surface area contributed by atoms with Crippen molar-refractivity contribution >= 4 is 43.2 Å². The third-order valence-electron chi connectivity index (χ3n) is 0.558. The second-order valence-corrected chi connectivity index (χ2v) is 1.72. The summed E-state index contributed by atoms with van der Waals surface area (Å²) in [5.74, 6) is 0. The first-order chi connectivity index (χ1) is 2.41. The highest BCUT2D eigenvalue weighted by Crippen LogP contribution is 1.89. The fourth-order valence-corrected chi connectivity index (χ4v) is 0.612. The molecule has 0 spiro atoms. The molecule has 0 aromatic carbocycles. The molecule has 0 saturated carbocycles. The van der Waals surface area contributed by atoms with Gasteiger partial charge in [-0.1, -0.05) is 19.8 Å². The fourth-order valence-electron chi connectivity index (χ4n) is 0.204. The quantitative estimate of drug-likeness (QED) is 0.663. The molecule has 0 amide bonds. The van der Waals surface area contributed by atoms with Crippen LogP contribution >= 0.6 is 43.2 Å². The zero-order valence-electron chi connectivity index (χ0n) is 4.52. The van der Waals surface area contributed by atoms with Crippen LogP contribution in [0.15, 0.2) is 0 Å². The topological polar surface area (TPSA) is 0 Å². The zero-order chi connectivity index (χ0) is 4.12. The molecule has 0 radical (unpaired) electrons. The molecule has 0 fully saturated rings. The van der Waals surface area contributed by atoms with Gasteiger partial charge in [-0.3, -0.25) is 0 Å². The summed E-state index contributed by atoms with van der Waals surface area (Å²) in [5, 5.41) is 0. The molecule has 1 atom stereocenters. The van der Waals surface area contributed by atoms with Crippen LogP contribution < -0.4 is 0 Å². The first-order valence-electron chi connectivity index (χ1n) is 2.12. The van der Waals surface area contributed by atoms with Crippen molar-refractivity contribution in [2.75, 3.05) is 6.16 Å². The van der Waals surface area contributed by atoms with Crippen molar-refractivity contribution in [1.82, 2.24) is 0 Å². The van der Waals surface area contributed by atoms with E-state index in [0.717, 1.165) is 0 Å². The van der Waals surface area contributed by atoms with Crippen molar-refractivity contribution < 1.29 is 0 Å². The molecular weight excluding hydrogens is 239 g/mol. The van der Waals surface area contributed by atoms with E-state index in [9.17, 15) is 0 Å². The summed E-state index contributed by atoms with van der Waals surface area (Å²) in [6.45, 7) is 2.20. The van der Waals surface area contributed by atoms with Gasteiger partial charge in [0.15, 0.2) is 0 Å². The molecule has 0 aliphatic carbocycles. The van der Waals surface area contributed by atoms with E-state index in [1.54, 1.807) is 0 Å². The van der Waals surface area contributed by atoms with Crippen LogP contribution in [0.1, 0.15) is 19.8 Å². The molecule has 0 aliphatic heterocycles. The summed E-state index contributed by atoms with van der Waals surface area (Å²) in [4.78, 5) is 0. The molecule has 7 heavy (non-hydrogen) atoms. The van der Waals surface area contributed by atoms with Gasteiger partial charge < -0.3 is 0 Å². The van der Waals surface area contributed by atoms with E-state index in [1.807, 2.05) is 0 Å². The Balaban J connectivity index is -0.0000000800. The lowest BCUT2D eigenvalue weighted by Crippen LogP contribution is -1.64. The van der Waals surface area contributed by atoms with Crippen LogP contribution in [0.3, 0.4) is 0 Å². The van der Waals surface area contributed by atoms with Gasteiger partial charge in [0.1, 0.15) is 0 Å². The second-order valence-electron chi connectivity index (χ2n) is 1.14. The van der Waals surface area contributed by atoms with Crippen molar-refractivity contribution in [1.29, 1.82) is 0 Å². The number of hydrogen-bond donors (Lipinski definition) is 0. The van der Waals surface area contributed by atoms with Crippen LogP contribution in [-0.2, 0) is 0 Å². The Morgan fingerprint density at radius 2 is 1.71 bits per heavy atom. The van der Waals surface area contributed by atoms with Gasteiger partial charge in [-0.25, -0.2) is 0 Å². The molecule has 0 N–H and O–H groups in total. The standard InChI is InChI=1S/C4H11P.2BrH/c1-2-3-4-5;;/h2-5H2,1H3;2*1H. The maximum atomic E-state index is 2.70. The van der Waals surface area contributed by atoms with Gasteiger partial charge in [0.25, 0.3) is 0 Å². The Morgan fingerprint density at radius 1 is 1.29 bits per heavy atom. The molecule has 0 aliphatic rings. The van der Waals surface area contributed by atoms with Gasteiger partial charge in [0.05, 0.1) is 0 Å². The van der Waals surface area contributed by atoms with E-state index >= 15 is 0 Å². The number of hydrogen-bond acceptors (Lipinski definition) is 0. The second kappa shape index (κ2) is 15.7. The SMILES string of the molecule is Br.Br.CCCCP. The van der Waals surface area contributed by atoms with E-state index in [-0.39, 0.29) is 34.0 Å². The van der Waals surface area contributed by atoms with Crippen LogP contribution in [0, 0.1) is 0 Å². The Kier molecular flexibility index (Phi) is 35.3. The minimum atomic E-state index is 0. The highest BCUT2D eigenvalue weighted by molar-refractivity contribution is 8.93. The summed E-state index contributed by atoms with van der Waals surface area (Å²) in [6, 6.07) is 0. The maximum absolute atomic E-state index is 2.70. The lowest BCUT2D eigenvalue weighted by Gasteiger charge is -1.79. The number of unbranched alkanes of at least 4 members (excludes halogenated alkanes) is 1. The van der Waals surface area contributed by atoms with Crippen molar-refractivity contribution in [2.24, 2.45) is 0 Å². The van der Waals surface area contributed by atoms with Gasteiger partial charge >= 0.3 is 0 Å².